The number of rotatable bonds is 3. The van der Waals surface area contributed by atoms with Gasteiger partial charge in [-0.15, -0.1) is 0 Å². The van der Waals surface area contributed by atoms with Crippen molar-refractivity contribution in [3.63, 3.8) is 0 Å². The van der Waals surface area contributed by atoms with Gasteiger partial charge >= 0.3 is 0 Å². The van der Waals surface area contributed by atoms with Crippen LogP contribution in [0.5, 0.6) is 5.75 Å². The van der Waals surface area contributed by atoms with Crippen molar-refractivity contribution in [3.8, 4) is 5.75 Å². The highest BCUT2D eigenvalue weighted by Crippen LogP contribution is 2.28. The molecule has 2 unspecified atom stereocenters. The summed E-state index contributed by atoms with van der Waals surface area (Å²) in [5.74, 6) is 0.536. The average molecular weight is 383 g/mol. The first-order valence-electron chi connectivity index (χ1n) is 10.0. The molecule has 0 bridgehead atoms. The van der Waals surface area contributed by atoms with Crippen LogP contribution in [0.25, 0.3) is 0 Å². The summed E-state index contributed by atoms with van der Waals surface area (Å²) in [7, 11) is 0. The molecular weight excluding hydrogens is 354 g/mol. The molecule has 1 aromatic carbocycles. The van der Waals surface area contributed by atoms with Gasteiger partial charge in [0, 0.05) is 18.8 Å². The predicted molar refractivity (Wildman–Crippen MR) is 110 cm³/mol. The van der Waals surface area contributed by atoms with Gasteiger partial charge in [0.2, 0.25) is 5.43 Å². The second-order valence-electron chi connectivity index (χ2n) is 7.48. The van der Waals surface area contributed by atoms with Gasteiger partial charge in [-0.2, -0.15) is 0 Å². The number of carbonyl (C=O) groups excluding carboxylic acids is 1. The first kappa shape index (κ1) is 20.0. The molecule has 1 N–H and O–H groups in total. The molecule has 1 aromatic heterocycles. The zero-order valence-corrected chi connectivity index (χ0v) is 16.9. The molecule has 0 saturated carbocycles. The fourth-order valence-corrected chi connectivity index (χ4v) is 3.50. The van der Waals surface area contributed by atoms with E-state index in [1.165, 1.54) is 12.5 Å². The number of carbonyl (C=O) groups is 1. The summed E-state index contributed by atoms with van der Waals surface area (Å²) in [4.78, 5) is 27.1. The monoisotopic (exact) mass is 383 g/mol. The van der Waals surface area contributed by atoms with Crippen molar-refractivity contribution >= 4 is 5.91 Å². The molecule has 6 nitrogen and oxygen atoms in total. The highest BCUT2D eigenvalue weighted by molar-refractivity contribution is 5.96. The van der Waals surface area contributed by atoms with Crippen molar-refractivity contribution in [2.75, 3.05) is 12.0 Å². The van der Waals surface area contributed by atoms with Gasteiger partial charge in [-0.1, -0.05) is 57.5 Å². The number of fused-ring (bicyclic) bond motifs is 2. The van der Waals surface area contributed by atoms with Crippen LogP contribution >= 0.6 is 0 Å². The Balaban J connectivity index is 0.000000706. The van der Waals surface area contributed by atoms with E-state index in [1.54, 1.807) is 10.9 Å². The van der Waals surface area contributed by atoms with E-state index < -0.39 is 0 Å². The minimum Gasteiger partial charge on any atom is -0.482 e. The molecule has 0 spiro atoms. The van der Waals surface area contributed by atoms with Crippen LogP contribution in [0, 0.1) is 5.92 Å². The van der Waals surface area contributed by atoms with Crippen LogP contribution in [-0.2, 0) is 6.61 Å². The summed E-state index contributed by atoms with van der Waals surface area (Å²) in [5, 5.41) is 0. The molecule has 0 aliphatic carbocycles. The molecule has 2 aliphatic rings. The lowest BCUT2D eigenvalue weighted by Gasteiger charge is -2.43. The Morgan fingerprint density at radius 1 is 1.14 bits per heavy atom. The molecule has 0 radical (unpaired) electrons. The number of amides is 1. The van der Waals surface area contributed by atoms with Crippen molar-refractivity contribution in [3.05, 3.63) is 64.1 Å². The lowest BCUT2D eigenvalue weighted by atomic mass is 9.95. The molecule has 2 atom stereocenters. The molecule has 1 saturated heterocycles. The Hall–Kier alpha value is -2.76. The number of hydrogen-bond acceptors (Lipinski definition) is 4. The Labute approximate surface area is 166 Å². The van der Waals surface area contributed by atoms with Gasteiger partial charge in [0.05, 0.1) is 0 Å². The summed E-state index contributed by atoms with van der Waals surface area (Å²) in [6.07, 6.45) is 4.70. The SMILES string of the molecule is CC1CCN2C(=O)c3c(OCc4ccccc4)c(=O)ccn3NC2C1.CCC. The van der Waals surface area contributed by atoms with E-state index in [4.69, 9.17) is 4.74 Å². The third-order valence-corrected chi connectivity index (χ3v) is 4.90. The fourth-order valence-electron chi connectivity index (χ4n) is 3.50. The van der Waals surface area contributed by atoms with E-state index in [2.05, 4.69) is 26.2 Å². The van der Waals surface area contributed by atoms with Gasteiger partial charge in [-0.3, -0.25) is 14.3 Å². The van der Waals surface area contributed by atoms with Crippen molar-refractivity contribution in [1.82, 2.24) is 9.58 Å². The summed E-state index contributed by atoms with van der Waals surface area (Å²) in [6, 6.07) is 11.0. The smallest absolute Gasteiger partial charge is 0.278 e. The molecule has 3 heterocycles. The number of pyridine rings is 1. The normalized spacial score (nSPS) is 20.2. The van der Waals surface area contributed by atoms with Gasteiger partial charge in [-0.05, 0) is 24.3 Å². The van der Waals surface area contributed by atoms with Crippen LogP contribution in [0.2, 0.25) is 0 Å². The minimum absolute atomic E-state index is 0.0341. The van der Waals surface area contributed by atoms with E-state index in [9.17, 15) is 9.59 Å². The highest BCUT2D eigenvalue weighted by atomic mass is 16.5. The number of ether oxygens (including phenoxy) is 1. The van der Waals surface area contributed by atoms with Gasteiger partial charge in [-0.25, -0.2) is 0 Å². The minimum atomic E-state index is -0.277. The third kappa shape index (κ3) is 4.21. The molecular formula is C22H29N3O3. The Morgan fingerprint density at radius 3 is 2.57 bits per heavy atom. The lowest BCUT2D eigenvalue weighted by molar-refractivity contribution is 0.0514. The van der Waals surface area contributed by atoms with Gasteiger partial charge in [0.25, 0.3) is 5.91 Å². The van der Waals surface area contributed by atoms with Crippen molar-refractivity contribution in [1.29, 1.82) is 0 Å². The van der Waals surface area contributed by atoms with Crippen LogP contribution in [0.3, 0.4) is 0 Å². The fraction of sp³-hybridized carbons (Fsp3) is 0.455. The van der Waals surface area contributed by atoms with Gasteiger partial charge < -0.3 is 15.1 Å². The molecule has 1 fully saturated rings. The van der Waals surface area contributed by atoms with Crippen LogP contribution < -0.4 is 15.6 Å². The number of benzene rings is 1. The Bertz CT molecular complexity index is 863. The maximum Gasteiger partial charge on any atom is 0.278 e. The van der Waals surface area contributed by atoms with Crippen LogP contribution in [-0.4, -0.2) is 28.2 Å². The van der Waals surface area contributed by atoms with E-state index in [0.29, 0.717) is 12.5 Å². The number of piperidine rings is 1. The van der Waals surface area contributed by atoms with Gasteiger partial charge in [0.15, 0.2) is 11.4 Å². The molecule has 2 aliphatic heterocycles. The molecule has 28 heavy (non-hydrogen) atoms. The Morgan fingerprint density at radius 2 is 1.86 bits per heavy atom. The molecule has 2 aromatic rings. The standard InChI is InChI=1S/C19H21N3O3.C3H8/c1-13-7-9-21-16(11-13)20-22-10-8-15(23)18(17(22)19(21)24)25-12-14-5-3-2-4-6-14;1-3-2/h2-6,8,10,13,16,20H,7,9,11-12H2,1H3;3H2,1-2H3. The second kappa shape index (κ2) is 8.95. The maximum absolute atomic E-state index is 13.0. The van der Waals surface area contributed by atoms with Crippen molar-refractivity contribution < 1.29 is 9.53 Å². The first-order valence-corrected chi connectivity index (χ1v) is 10.0. The summed E-state index contributed by atoms with van der Waals surface area (Å²) in [6.45, 7) is 7.39. The lowest BCUT2D eigenvalue weighted by Crippen LogP contribution is -2.57. The largest absolute Gasteiger partial charge is 0.482 e. The van der Waals surface area contributed by atoms with Gasteiger partial charge in [0.1, 0.15) is 12.8 Å². The predicted octanol–water partition coefficient (Wildman–Crippen LogP) is 3.60. The van der Waals surface area contributed by atoms with E-state index in [-0.39, 0.29) is 35.6 Å². The zero-order chi connectivity index (χ0) is 20.1. The van der Waals surface area contributed by atoms with Crippen molar-refractivity contribution in [2.45, 2.75) is 52.8 Å². The van der Waals surface area contributed by atoms with Crippen molar-refractivity contribution in [2.24, 2.45) is 5.92 Å². The van der Waals surface area contributed by atoms with Crippen LogP contribution in [0.1, 0.15) is 56.1 Å². The topological polar surface area (TPSA) is 63.6 Å². The maximum atomic E-state index is 13.0. The van der Waals surface area contributed by atoms with Crippen LogP contribution in [0.4, 0.5) is 0 Å². The summed E-state index contributed by atoms with van der Waals surface area (Å²) in [5.41, 5.74) is 4.29. The number of aromatic nitrogens is 1. The molecule has 150 valence electrons. The van der Waals surface area contributed by atoms with Crippen LogP contribution in [0.15, 0.2) is 47.4 Å². The first-order chi connectivity index (χ1) is 13.5. The summed E-state index contributed by atoms with van der Waals surface area (Å²) >= 11 is 0. The van der Waals surface area contributed by atoms with E-state index in [0.717, 1.165) is 18.4 Å². The zero-order valence-electron chi connectivity index (χ0n) is 16.9. The highest BCUT2D eigenvalue weighted by Gasteiger charge is 2.38. The quantitative estimate of drug-likeness (QED) is 0.880. The average Bonchev–Trinajstić information content (AvgIpc) is 2.69. The van der Waals surface area contributed by atoms with E-state index >= 15 is 0 Å². The van der Waals surface area contributed by atoms with E-state index in [1.807, 2.05) is 35.2 Å². The number of hydrogen-bond donors (Lipinski definition) is 1. The number of nitrogens with one attached hydrogen (secondary N) is 1. The molecule has 6 heteroatoms. The second-order valence-corrected chi connectivity index (χ2v) is 7.48. The Kier molecular flexibility index (Phi) is 6.39. The number of nitrogens with zero attached hydrogens (tertiary/aromatic N) is 2. The third-order valence-electron chi connectivity index (χ3n) is 4.90. The molecule has 1 amide bonds. The molecule has 4 rings (SSSR count). The summed E-state index contributed by atoms with van der Waals surface area (Å²) < 4.78 is 7.41.